The summed E-state index contributed by atoms with van der Waals surface area (Å²) in [4.78, 5) is 16.4. The molecule has 4 nitrogen and oxygen atoms in total. The summed E-state index contributed by atoms with van der Waals surface area (Å²) in [6.45, 7) is 8.26. The first-order valence-electron chi connectivity index (χ1n) is 7.24. The van der Waals surface area contributed by atoms with Gasteiger partial charge in [-0.15, -0.1) is 0 Å². The van der Waals surface area contributed by atoms with Crippen LogP contribution in [0.25, 0.3) is 0 Å². The molecule has 112 valence electrons. The lowest BCUT2D eigenvalue weighted by atomic mass is 10.2. The number of hydrogen-bond donors (Lipinski definition) is 0. The lowest BCUT2D eigenvalue weighted by Gasteiger charge is -2.26. The Morgan fingerprint density at radius 3 is 2.35 bits per heavy atom. The molecule has 0 fully saturated rings. The number of carbonyl (C=O) groups excluding carboxylic acids is 1. The van der Waals surface area contributed by atoms with E-state index < -0.39 is 0 Å². The predicted octanol–water partition coefficient (Wildman–Crippen LogP) is 2.00. The SMILES string of the molecule is CCN(CC)CC(=O)N(CCOC)Cc1ccccc1. The minimum atomic E-state index is 0.162. The molecule has 0 saturated carbocycles. The minimum Gasteiger partial charge on any atom is -0.383 e. The van der Waals surface area contributed by atoms with Crippen molar-refractivity contribution in [2.75, 3.05) is 39.9 Å². The van der Waals surface area contributed by atoms with Crippen molar-refractivity contribution < 1.29 is 9.53 Å². The van der Waals surface area contributed by atoms with Crippen molar-refractivity contribution in [1.29, 1.82) is 0 Å². The van der Waals surface area contributed by atoms with Crippen molar-refractivity contribution in [3.05, 3.63) is 35.9 Å². The fourth-order valence-electron chi connectivity index (χ4n) is 2.04. The van der Waals surface area contributed by atoms with Crippen LogP contribution in [0.3, 0.4) is 0 Å². The van der Waals surface area contributed by atoms with Crippen LogP contribution < -0.4 is 0 Å². The first-order chi connectivity index (χ1) is 9.71. The van der Waals surface area contributed by atoms with Crippen LogP contribution in [0.15, 0.2) is 30.3 Å². The molecule has 0 aliphatic heterocycles. The maximum absolute atomic E-state index is 12.4. The van der Waals surface area contributed by atoms with Crippen molar-refractivity contribution in [2.24, 2.45) is 0 Å². The van der Waals surface area contributed by atoms with Crippen molar-refractivity contribution in [3.63, 3.8) is 0 Å². The van der Waals surface area contributed by atoms with Crippen molar-refractivity contribution in [3.8, 4) is 0 Å². The smallest absolute Gasteiger partial charge is 0.237 e. The first kappa shape index (κ1) is 16.7. The molecule has 0 unspecified atom stereocenters. The molecule has 20 heavy (non-hydrogen) atoms. The molecule has 0 bridgehead atoms. The quantitative estimate of drug-likeness (QED) is 0.692. The zero-order valence-corrected chi connectivity index (χ0v) is 12.8. The molecular formula is C16H26N2O2. The zero-order valence-electron chi connectivity index (χ0n) is 12.8. The highest BCUT2D eigenvalue weighted by molar-refractivity contribution is 5.78. The molecule has 0 heterocycles. The van der Waals surface area contributed by atoms with Crippen LogP contribution >= 0.6 is 0 Å². The average Bonchev–Trinajstić information content (AvgIpc) is 2.49. The van der Waals surface area contributed by atoms with E-state index in [1.807, 2.05) is 35.2 Å². The van der Waals surface area contributed by atoms with Crippen LogP contribution in [0.2, 0.25) is 0 Å². The number of hydrogen-bond acceptors (Lipinski definition) is 3. The van der Waals surface area contributed by atoms with Gasteiger partial charge >= 0.3 is 0 Å². The normalized spacial score (nSPS) is 10.8. The Labute approximate surface area is 122 Å². The van der Waals surface area contributed by atoms with Gasteiger partial charge in [0, 0.05) is 20.2 Å². The Bertz CT molecular complexity index is 377. The summed E-state index contributed by atoms with van der Waals surface area (Å²) < 4.78 is 5.11. The predicted molar refractivity (Wildman–Crippen MR) is 81.5 cm³/mol. The standard InChI is InChI=1S/C16H26N2O2/c1-4-17(5-2)14-16(19)18(11-12-20-3)13-15-9-7-6-8-10-15/h6-10H,4-5,11-14H2,1-3H3. The summed E-state index contributed by atoms with van der Waals surface area (Å²) >= 11 is 0. The lowest BCUT2D eigenvalue weighted by molar-refractivity contribution is -0.133. The molecule has 0 aliphatic rings. The molecule has 0 aliphatic carbocycles. The van der Waals surface area contributed by atoms with Crippen molar-refractivity contribution in [2.45, 2.75) is 20.4 Å². The molecule has 1 amide bonds. The third-order valence-electron chi connectivity index (χ3n) is 3.39. The van der Waals surface area contributed by atoms with E-state index in [0.29, 0.717) is 26.2 Å². The van der Waals surface area contributed by atoms with Crippen LogP contribution in [0, 0.1) is 0 Å². The van der Waals surface area contributed by atoms with Gasteiger partial charge in [-0.3, -0.25) is 9.69 Å². The number of benzene rings is 1. The van der Waals surface area contributed by atoms with E-state index in [1.165, 1.54) is 0 Å². The van der Waals surface area contributed by atoms with Gasteiger partial charge < -0.3 is 9.64 Å². The number of likely N-dealkylation sites (N-methyl/N-ethyl adjacent to an activating group) is 1. The molecule has 0 aromatic heterocycles. The number of rotatable bonds is 9. The average molecular weight is 278 g/mol. The number of nitrogens with zero attached hydrogens (tertiary/aromatic N) is 2. The van der Waals surface area contributed by atoms with Crippen LogP contribution in [0.5, 0.6) is 0 Å². The molecular weight excluding hydrogens is 252 g/mol. The van der Waals surface area contributed by atoms with Crippen LogP contribution in [0.1, 0.15) is 19.4 Å². The molecule has 0 saturated heterocycles. The Balaban J connectivity index is 2.65. The summed E-state index contributed by atoms with van der Waals surface area (Å²) in [5.41, 5.74) is 1.15. The van der Waals surface area contributed by atoms with E-state index in [9.17, 15) is 4.79 Å². The van der Waals surface area contributed by atoms with E-state index in [-0.39, 0.29) is 5.91 Å². The molecule has 1 rings (SSSR count). The maximum atomic E-state index is 12.4. The van der Waals surface area contributed by atoms with E-state index in [1.54, 1.807) is 7.11 Å². The molecule has 1 aromatic carbocycles. The summed E-state index contributed by atoms with van der Waals surface area (Å²) in [5, 5.41) is 0. The van der Waals surface area contributed by atoms with Gasteiger partial charge in [0.05, 0.1) is 13.2 Å². The molecule has 0 spiro atoms. The highest BCUT2D eigenvalue weighted by Crippen LogP contribution is 2.05. The molecule has 4 heteroatoms. The first-order valence-corrected chi connectivity index (χ1v) is 7.24. The van der Waals surface area contributed by atoms with Gasteiger partial charge in [0.15, 0.2) is 0 Å². The Morgan fingerprint density at radius 1 is 1.15 bits per heavy atom. The summed E-state index contributed by atoms with van der Waals surface area (Å²) in [7, 11) is 1.66. The van der Waals surface area contributed by atoms with E-state index in [4.69, 9.17) is 4.74 Å². The van der Waals surface area contributed by atoms with E-state index in [0.717, 1.165) is 18.7 Å². The summed E-state index contributed by atoms with van der Waals surface area (Å²) in [6.07, 6.45) is 0. The number of amides is 1. The second kappa shape index (κ2) is 9.50. The molecule has 0 atom stereocenters. The highest BCUT2D eigenvalue weighted by atomic mass is 16.5. The van der Waals surface area contributed by atoms with Crippen molar-refractivity contribution >= 4 is 5.91 Å². The fourth-order valence-corrected chi connectivity index (χ4v) is 2.04. The van der Waals surface area contributed by atoms with Gasteiger partial charge in [-0.2, -0.15) is 0 Å². The van der Waals surface area contributed by atoms with Crippen LogP contribution in [-0.4, -0.2) is 55.6 Å². The molecule has 0 N–H and O–H groups in total. The molecule has 0 radical (unpaired) electrons. The summed E-state index contributed by atoms with van der Waals surface area (Å²) in [6, 6.07) is 10.1. The number of ether oxygens (including phenoxy) is 1. The largest absolute Gasteiger partial charge is 0.383 e. The topological polar surface area (TPSA) is 32.8 Å². The van der Waals surface area contributed by atoms with Crippen molar-refractivity contribution in [1.82, 2.24) is 9.80 Å². The monoisotopic (exact) mass is 278 g/mol. The van der Waals surface area contributed by atoms with Gasteiger partial charge in [0.25, 0.3) is 0 Å². The summed E-state index contributed by atoms with van der Waals surface area (Å²) in [5.74, 6) is 0.162. The second-order valence-corrected chi connectivity index (χ2v) is 4.76. The van der Waals surface area contributed by atoms with Crippen LogP contribution in [0.4, 0.5) is 0 Å². The lowest BCUT2D eigenvalue weighted by Crippen LogP contribution is -2.41. The van der Waals surface area contributed by atoms with Crippen LogP contribution in [-0.2, 0) is 16.1 Å². The third-order valence-corrected chi connectivity index (χ3v) is 3.39. The zero-order chi connectivity index (χ0) is 14.8. The van der Waals surface area contributed by atoms with E-state index in [2.05, 4.69) is 18.7 Å². The Kier molecular flexibility index (Phi) is 7.92. The second-order valence-electron chi connectivity index (χ2n) is 4.76. The maximum Gasteiger partial charge on any atom is 0.237 e. The van der Waals surface area contributed by atoms with Gasteiger partial charge in [-0.1, -0.05) is 44.2 Å². The van der Waals surface area contributed by atoms with Gasteiger partial charge in [0.2, 0.25) is 5.91 Å². The minimum absolute atomic E-state index is 0.162. The highest BCUT2D eigenvalue weighted by Gasteiger charge is 2.16. The third kappa shape index (κ3) is 5.72. The van der Waals surface area contributed by atoms with Gasteiger partial charge in [-0.05, 0) is 18.7 Å². The Morgan fingerprint density at radius 2 is 1.80 bits per heavy atom. The van der Waals surface area contributed by atoms with Gasteiger partial charge in [0.1, 0.15) is 0 Å². The van der Waals surface area contributed by atoms with E-state index >= 15 is 0 Å². The number of carbonyl (C=O) groups is 1. The number of methoxy groups -OCH3 is 1. The fraction of sp³-hybridized carbons (Fsp3) is 0.562. The Hall–Kier alpha value is -1.39. The molecule has 1 aromatic rings. The van der Waals surface area contributed by atoms with Gasteiger partial charge in [-0.25, -0.2) is 0 Å².